The van der Waals surface area contributed by atoms with E-state index in [1.165, 1.54) is 18.5 Å². The van der Waals surface area contributed by atoms with Crippen molar-refractivity contribution in [3.8, 4) is 0 Å². The molecule has 2 heterocycles. The SMILES string of the molecule is CC(C)=C[C@@H]1[C@@H](C(=O)N(C)C2CCN(C[C@H]3CCOC3)CC2)C1(C)C. The van der Waals surface area contributed by atoms with Crippen molar-refractivity contribution in [2.45, 2.75) is 53.0 Å². The Morgan fingerprint density at radius 1 is 1.24 bits per heavy atom. The lowest BCUT2D eigenvalue weighted by molar-refractivity contribution is -0.135. The maximum absolute atomic E-state index is 13.0. The van der Waals surface area contributed by atoms with E-state index in [2.05, 4.69) is 43.6 Å². The van der Waals surface area contributed by atoms with Crippen LogP contribution in [0, 0.1) is 23.2 Å². The van der Waals surface area contributed by atoms with Crippen molar-refractivity contribution in [3.05, 3.63) is 11.6 Å². The van der Waals surface area contributed by atoms with E-state index in [4.69, 9.17) is 4.74 Å². The molecule has 0 N–H and O–H groups in total. The lowest BCUT2D eigenvalue weighted by atomic mass is 10.00. The second kappa shape index (κ2) is 7.40. The van der Waals surface area contributed by atoms with Gasteiger partial charge in [-0.05, 0) is 50.4 Å². The van der Waals surface area contributed by atoms with Gasteiger partial charge in [0.25, 0.3) is 0 Å². The van der Waals surface area contributed by atoms with E-state index in [0.29, 0.717) is 23.8 Å². The molecule has 1 saturated carbocycles. The average molecular weight is 349 g/mol. The molecule has 1 aliphatic carbocycles. The predicted molar refractivity (Wildman–Crippen MR) is 101 cm³/mol. The van der Waals surface area contributed by atoms with Crippen LogP contribution in [0.1, 0.15) is 47.0 Å². The Morgan fingerprint density at radius 2 is 1.92 bits per heavy atom. The zero-order valence-electron chi connectivity index (χ0n) is 16.8. The van der Waals surface area contributed by atoms with Crippen LogP contribution in [0.2, 0.25) is 0 Å². The quantitative estimate of drug-likeness (QED) is 0.716. The maximum Gasteiger partial charge on any atom is 0.226 e. The van der Waals surface area contributed by atoms with Crippen molar-refractivity contribution < 1.29 is 9.53 Å². The molecule has 0 radical (unpaired) electrons. The molecule has 0 aromatic carbocycles. The zero-order valence-corrected chi connectivity index (χ0v) is 16.8. The number of hydrogen-bond acceptors (Lipinski definition) is 3. The van der Waals surface area contributed by atoms with Crippen LogP contribution < -0.4 is 0 Å². The van der Waals surface area contributed by atoms with Gasteiger partial charge in [0.05, 0.1) is 12.5 Å². The smallest absolute Gasteiger partial charge is 0.226 e. The van der Waals surface area contributed by atoms with E-state index in [9.17, 15) is 4.79 Å². The Morgan fingerprint density at radius 3 is 2.48 bits per heavy atom. The number of ether oxygens (including phenoxy) is 1. The fourth-order valence-electron chi connectivity index (χ4n) is 4.80. The molecule has 4 nitrogen and oxygen atoms in total. The fraction of sp³-hybridized carbons (Fsp3) is 0.857. The van der Waals surface area contributed by atoms with Gasteiger partial charge in [-0.25, -0.2) is 0 Å². The van der Waals surface area contributed by atoms with Gasteiger partial charge in [0, 0.05) is 39.3 Å². The Labute approximate surface area is 153 Å². The Balaban J connectivity index is 1.49. The molecule has 1 amide bonds. The van der Waals surface area contributed by atoms with Crippen molar-refractivity contribution in [3.63, 3.8) is 0 Å². The summed E-state index contributed by atoms with van der Waals surface area (Å²) in [4.78, 5) is 17.7. The lowest BCUT2D eigenvalue weighted by Crippen LogP contribution is -2.47. The number of amides is 1. The van der Waals surface area contributed by atoms with Crippen LogP contribution in [0.15, 0.2) is 11.6 Å². The van der Waals surface area contributed by atoms with Crippen molar-refractivity contribution in [1.82, 2.24) is 9.80 Å². The molecule has 3 aliphatic rings. The molecule has 0 aromatic heterocycles. The van der Waals surface area contributed by atoms with Crippen molar-refractivity contribution in [1.29, 1.82) is 0 Å². The van der Waals surface area contributed by atoms with Gasteiger partial charge in [-0.3, -0.25) is 4.79 Å². The molecule has 142 valence electrons. The third-order valence-electron chi connectivity index (χ3n) is 6.68. The summed E-state index contributed by atoms with van der Waals surface area (Å²) in [5.74, 6) is 1.65. The second-order valence-corrected chi connectivity index (χ2v) is 9.28. The normalized spacial score (nSPS) is 32.4. The van der Waals surface area contributed by atoms with Gasteiger partial charge >= 0.3 is 0 Å². The van der Waals surface area contributed by atoms with E-state index >= 15 is 0 Å². The first kappa shape index (κ1) is 18.9. The molecule has 2 aliphatic heterocycles. The number of rotatable bonds is 5. The molecule has 0 bridgehead atoms. The van der Waals surface area contributed by atoms with Crippen molar-refractivity contribution in [2.24, 2.45) is 23.2 Å². The van der Waals surface area contributed by atoms with Crippen LogP contribution in [0.25, 0.3) is 0 Å². The summed E-state index contributed by atoms with van der Waals surface area (Å²) < 4.78 is 5.50. The third kappa shape index (κ3) is 4.11. The monoisotopic (exact) mass is 348 g/mol. The minimum absolute atomic E-state index is 0.117. The van der Waals surface area contributed by atoms with E-state index in [-0.39, 0.29) is 11.3 Å². The Kier molecular flexibility index (Phi) is 5.60. The van der Waals surface area contributed by atoms with Crippen LogP contribution in [0.4, 0.5) is 0 Å². The van der Waals surface area contributed by atoms with E-state index in [0.717, 1.165) is 39.1 Å². The van der Waals surface area contributed by atoms with Gasteiger partial charge in [0.2, 0.25) is 5.91 Å². The summed E-state index contributed by atoms with van der Waals surface area (Å²) >= 11 is 0. The molecule has 4 heteroatoms. The van der Waals surface area contributed by atoms with Gasteiger partial charge < -0.3 is 14.5 Å². The number of carbonyl (C=O) groups excluding carboxylic acids is 1. The first-order chi connectivity index (χ1) is 11.8. The highest BCUT2D eigenvalue weighted by atomic mass is 16.5. The molecule has 3 fully saturated rings. The standard InChI is InChI=1S/C21H36N2O2/c1-15(2)12-18-19(21(18,3)4)20(24)22(5)17-6-9-23(10-7-17)13-16-8-11-25-14-16/h12,16-19H,6-11,13-14H2,1-5H3/t16-,18-,19+/m1/s1. The maximum atomic E-state index is 13.0. The number of allylic oxidation sites excluding steroid dienone is 2. The minimum atomic E-state index is 0.117. The summed E-state index contributed by atoms with van der Waals surface area (Å²) in [5, 5.41) is 0. The van der Waals surface area contributed by atoms with Gasteiger partial charge in [-0.2, -0.15) is 0 Å². The first-order valence-electron chi connectivity index (χ1n) is 10.0. The molecule has 0 aromatic rings. The molecular formula is C21H36N2O2. The highest BCUT2D eigenvalue weighted by Gasteiger charge is 2.61. The van der Waals surface area contributed by atoms with Gasteiger partial charge in [-0.1, -0.05) is 25.5 Å². The van der Waals surface area contributed by atoms with E-state index in [1.54, 1.807) is 0 Å². The minimum Gasteiger partial charge on any atom is -0.381 e. The van der Waals surface area contributed by atoms with Crippen molar-refractivity contribution >= 4 is 5.91 Å². The molecule has 0 unspecified atom stereocenters. The van der Waals surface area contributed by atoms with E-state index in [1.807, 2.05) is 7.05 Å². The summed E-state index contributed by atoms with van der Waals surface area (Å²) in [6.45, 7) is 14.0. The number of hydrogen-bond donors (Lipinski definition) is 0. The predicted octanol–water partition coefficient (Wildman–Crippen LogP) is 3.18. The largest absolute Gasteiger partial charge is 0.381 e. The van der Waals surface area contributed by atoms with Crippen LogP contribution in [0.5, 0.6) is 0 Å². The highest BCUT2D eigenvalue weighted by Crippen LogP contribution is 2.60. The molecular weight excluding hydrogens is 312 g/mol. The van der Waals surface area contributed by atoms with Crippen molar-refractivity contribution in [2.75, 3.05) is 39.9 Å². The molecule has 3 rings (SSSR count). The summed E-state index contributed by atoms with van der Waals surface area (Å²) in [6, 6.07) is 0.410. The first-order valence-corrected chi connectivity index (χ1v) is 10.0. The van der Waals surface area contributed by atoms with Crippen LogP contribution >= 0.6 is 0 Å². The summed E-state index contributed by atoms with van der Waals surface area (Å²) in [7, 11) is 2.03. The second-order valence-electron chi connectivity index (χ2n) is 9.28. The lowest BCUT2D eigenvalue weighted by Gasteiger charge is -2.37. The molecule has 25 heavy (non-hydrogen) atoms. The topological polar surface area (TPSA) is 32.8 Å². The summed E-state index contributed by atoms with van der Waals surface area (Å²) in [6.07, 6.45) is 5.72. The number of likely N-dealkylation sites (tertiary alicyclic amines) is 1. The van der Waals surface area contributed by atoms with Gasteiger partial charge in [-0.15, -0.1) is 0 Å². The number of piperidine rings is 1. The van der Waals surface area contributed by atoms with Crippen LogP contribution in [-0.2, 0) is 9.53 Å². The fourth-order valence-corrected chi connectivity index (χ4v) is 4.80. The molecule has 2 saturated heterocycles. The van der Waals surface area contributed by atoms with Gasteiger partial charge in [0.1, 0.15) is 0 Å². The summed E-state index contributed by atoms with van der Waals surface area (Å²) in [5.41, 5.74) is 1.44. The number of nitrogens with zero attached hydrogens (tertiary/aromatic N) is 2. The van der Waals surface area contributed by atoms with Gasteiger partial charge in [0.15, 0.2) is 0 Å². The Bertz CT molecular complexity index is 510. The molecule has 0 spiro atoms. The van der Waals surface area contributed by atoms with Crippen LogP contribution in [-0.4, -0.2) is 61.6 Å². The third-order valence-corrected chi connectivity index (χ3v) is 6.68. The highest BCUT2D eigenvalue weighted by molar-refractivity contribution is 5.84. The molecule has 3 atom stereocenters. The zero-order chi connectivity index (χ0) is 18.2. The number of carbonyl (C=O) groups is 1. The van der Waals surface area contributed by atoms with E-state index < -0.39 is 0 Å². The average Bonchev–Trinajstić information content (AvgIpc) is 2.92. The van der Waals surface area contributed by atoms with Crippen LogP contribution in [0.3, 0.4) is 0 Å². The Hall–Kier alpha value is -0.870.